The van der Waals surface area contributed by atoms with Gasteiger partial charge in [-0.25, -0.2) is 0 Å². The van der Waals surface area contributed by atoms with Gasteiger partial charge in [-0.2, -0.15) is 0 Å². The molecule has 4 aliphatic carbocycles. The van der Waals surface area contributed by atoms with E-state index >= 15 is 0 Å². The Morgan fingerprint density at radius 3 is 2.00 bits per heavy atom. The molecule has 4 aliphatic rings. The van der Waals surface area contributed by atoms with E-state index < -0.39 is 14.4 Å². The fourth-order valence-electron chi connectivity index (χ4n) is 14.4. The molecule has 0 radical (unpaired) electrons. The Morgan fingerprint density at radius 1 is 0.568 bits per heavy atom. The molecular weight excluding hydrogens is 1010 g/mol. The van der Waals surface area contributed by atoms with Crippen LogP contribution in [-0.4, -0.2) is 33.3 Å². The molecule has 0 aliphatic heterocycles. The van der Waals surface area contributed by atoms with Gasteiger partial charge in [0.05, 0.1) is 0 Å². The molecule has 0 amide bonds. The van der Waals surface area contributed by atoms with Gasteiger partial charge in [-0.3, -0.25) is 0 Å². The number of rotatable bonds is 8. The Labute approximate surface area is 476 Å². The summed E-state index contributed by atoms with van der Waals surface area (Å²) in [7, 11) is -4.50. The van der Waals surface area contributed by atoms with Crippen LogP contribution < -0.4 is 10.6 Å². The molecule has 0 saturated carbocycles. The molecular formula is C78H62OP2. The van der Waals surface area contributed by atoms with Crippen molar-refractivity contribution in [1.82, 2.24) is 0 Å². The number of terminal acetylenes is 1. The zero-order chi connectivity index (χ0) is 55.1. The van der Waals surface area contributed by atoms with Gasteiger partial charge in [-0.15, -0.1) is 6.42 Å². The topological polar surface area (TPSA) is 17.1 Å². The molecule has 0 heterocycles. The summed E-state index contributed by atoms with van der Waals surface area (Å²) in [5.74, 6) is 3.40. The molecule has 1 nitrogen and oxygen atoms in total. The Kier molecular flexibility index (Phi) is 11.4. The van der Waals surface area contributed by atoms with Gasteiger partial charge in [0.1, 0.15) is 7.14 Å². The van der Waals surface area contributed by atoms with Crippen LogP contribution in [0.1, 0.15) is 47.1 Å². The number of allylic oxidation sites excluding steroid dienone is 12. The van der Waals surface area contributed by atoms with Crippen LogP contribution in [0.5, 0.6) is 0 Å². The van der Waals surface area contributed by atoms with E-state index in [4.69, 9.17) is 6.42 Å². The number of hydrogen-bond donors (Lipinski definition) is 0. The van der Waals surface area contributed by atoms with Crippen molar-refractivity contribution in [3.63, 3.8) is 0 Å². The summed E-state index contributed by atoms with van der Waals surface area (Å²) in [6, 6.07) is 62.6. The summed E-state index contributed by atoms with van der Waals surface area (Å²) >= 11 is 0. The summed E-state index contributed by atoms with van der Waals surface area (Å²) in [6.07, 6.45) is 29.1. The molecule has 0 fully saturated rings. The molecule has 0 bridgehead atoms. The summed E-state index contributed by atoms with van der Waals surface area (Å²) in [6.45, 7) is 13.5. The van der Waals surface area contributed by atoms with Crippen LogP contribution in [0.25, 0.3) is 121 Å². The molecule has 0 spiro atoms. The normalized spacial score (nSPS) is 18.0. The van der Waals surface area contributed by atoms with Crippen molar-refractivity contribution in [2.45, 2.75) is 19.3 Å². The molecule has 15 rings (SSSR count). The number of fused-ring (bicyclic) bond motifs is 4. The first kappa shape index (κ1) is 49.7. The Balaban J connectivity index is 0.891. The fraction of sp³-hybridized carbons (Fsp3) is 0.128. The van der Waals surface area contributed by atoms with E-state index in [0.717, 1.165) is 34.0 Å². The number of hydrogen-bond acceptors (Lipinski definition) is 1. The summed E-state index contributed by atoms with van der Waals surface area (Å²) in [5.41, 5.74) is 18.6. The smallest absolute Gasteiger partial charge is 0.319 e. The average Bonchev–Trinajstić information content (AvgIpc) is 3.52. The Bertz CT molecular complexity index is 4890. The minimum atomic E-state index is -2.71. The van der Waals surface area contributed by atoms with Gasteiger partial charge in [0.15, 0.2) is 0 Å². The molecule has 81 heavy (non-hydrogen) atoms. The molecule has 0 saturated heterocycles. The van der Waals surface area contributed by atoms with E-state index in [1.54, 1.807) is 0 Å². The molecule has 3 unspecified atom stereocenters. The van der Waals surface area contributed by atoms with Crippen molar-refractivity contribution in [1.29, 1.82) is 0 Å². The maximum atomic E-state index is 14.3. The van der Waals surface area contributed by atoms with Gasteiger partial charge in [-0.05, 0) is 94.5 Å². The summed E-state index contributed by atoms with van der Waals surface area (Å²) in [4.78, 5) is 0. The second-order valence-electron chi connectivity index (χ2n) is 24.6. The standard InChI is InChI=1S/C78H62OP2/c1-8-9-22-62-47(2)61-23-11-10-17-52(61)44-71(62)57-39-58(43-60(42-57)81(6,7)79)72-45-53-21-16-26-67(75(53)66-25-13-12-24-65(66)72)73-46-54-33-35-64(70-37-32-50-20-15-27-68(73)77(50)78(54)70)56-38-55(40-59(41-56)80(3,4)5)63-34-30-51-29-28-48-18-14-19-49-31-36-69(63)76(51)74(48)49/h1,9-26,28-47,61,68,80H,27H2,2-7H3/b22-9-. The van der Waals surface area contributed by atoms with Crippen molar-refractivity contribution in [3.05, 3.63) is 251 Å². The fourth-order valence-corrected chi connectivity index (χ4v) is 16.5. The van der Waals surface area contributed by atoms with E-state index in [1.165, 1.54) is 131 Å². The molecule has 3 heteroatoms. The van der Waals surface area contributed by atoms with Crippen LogP contribution in [0, 0.1) is 24.2 Å². The van der Waals surface area contributed by atoms with E-state index in [9.17, 15) is 4.57 Å². The van der Waals surface area contributed by atoms with Crippen LogP contribution in [-0.2, 0) is 4.57 Å². The third-order valence-corrected chi connectivity index (χ3v) is 21.9. The minimum absolute atomic E-state index is 0.177. The van der Waals surface area contributed by atoms with E-state index in [1.807, 2.05) is 19.4 Å². The molecule has 0 aromatic heterocycles. The van der Waals surface area contributed by atoms with Crippen molar-refractivity contribution >= 4 is 113 Å². The van der Waals surface area contributed by atoms with Gasteiger partial charge in [-0.1, -0.05) is 73.6 Å². The van der Waals surface area contributed by atoms with Gasteiger partial charge in [0.25, 0.3) is 0 Å². The van der Waals surface area contributed by atoms with Gasteiger partial charge < -0.3 is 4.57 Å². The predicted molar refractivity (Wildman–Crippen MR) is 358 cm³/mol. The summed E-state index contributed by atoms with van der Waals surface area (Å²) in [5, 5.41) is 17.8. The van der Waals surface area contributed by atoms with Gasteiger partial charge in [0.2, 0.25) is 0 Å². The zero-order valence-corrected chi connectivity index (χ0v) is 48.6. The van der Waals surface area contributed by atoms with E-state index in [0.29, 0.717) is 0 Å². The summed E-state index contributed by atoms with van der Waals surface area (Å²) < 4.78 is 14.3. The van der Waals surface area contributed by atoms with Crippen LogP contribution in [0.15, 0.2) is 224 Å². The van der Waals surface area contributed by atoms with Crippen molar-refractivity contribution in [3.8, 4) is 45.7 Å². The van der Waals surface area contributed by atoms with Crippen molar-refractivity contribution in [2.24, 2.45) is 11.8 Å². The first-order valence-electron chi connectivity index (χ1n) is 28.7. The molecule has 11 aromatic carbocycles. The second kappa shape index (κ2) is 18.6. The van der Waals surface area contributed by atoms with Crippen LogP contribution in [0.2, 0.25) is 0 Å². The second-order valence-corrected chi connectivity index (χ2v) is 32.9. The third-order valence-electron chi connectivity index (χ3n) is 18.4. The monoisotopic (exact) mass is 1080 g/mol. The molecule has 390 valence electrons. The first-order chi connectivity index (χ1) is 39.3. The van der Waals surface area contributed by atoms with E-state index in [-0.39, 0.29) is 17.8 Å². The Hall–Kier alpha value is -8.36. The average molecular weight is 1080 g/mol. The van der Waals surface area contributed by atoms with Crippen molar-refractivity contribution in [2.75, 3.05) is 33.3 Å². The SMILES string of the molecule is C#C/C=C\C1=C(c2cc(-c3cc4cccc(C5=Cc6ccc(-c7cc(-c8ccc9ccc%10cccc%11ccc8c9c%10%11)cc([PH](C)(C)C)c7)c7ccc8c(c67)C5CC=C8)c4c4ccccc34)cc(P(C)(C)=O)c2)C=C2C=CC=CC2C1C. The maximum absolute atomic E-state index is 14.3. The van der Waals surface area contributed by atoms with Crippen LogP contribution in [0.3, 0.4) is 0 Å². The van der Waals surface area contributed by atoms with Crippen LogP contribution >= 0.6 is 14.4 Å². The quantitative estimate of drug-likeness (QED) is 0.0842. The zero-order valence-electron chi connectivity index (χ0n) is 46.7. The third kappa shape index (κ3) is 7.98. The van der Waals surface area contributed by atoms with Crippen LogP contribution in [0.4, 0.5) is 0 Å². The molecule has 0 N–H and O–H groups in total. The predicted octanol–water partition coefficient (Wildman–Crippen LogP) is 19.9. The molecule has 3 atom stereocenters. The van der Waals surface area contributed by atoms with Gasteiger partial charge in [0, 0.05) is 11.2 Å². The van der Waals surface area contributed by atoms with Crippen molar-refractivity contribution < 1.29 is 4.57 Å². The number of benzene rings is 11. The Morgan fingerprint density at radius 2 is 1.22 bits per heavy atom. The first-order valence-corrected chi connectivity index (χ1v) is 34.8. The van der Waals surface area contributed by atoms with E-state index in [2.05, 4.69) is 251 Å². The molecule has 11 aromatic rings. The minimum Gasteiger partial charge on any atom is -0.319 e. The van der Waals surface area contributed by atoms with Gasteiger partial charge >= 0.3 is 282 Å².